The van der Waals surface area contributed by atoms with Gasteiger partial charge in [-0.15, -0.1) is 0 Å². The quantitative estimate of drug-likeness (QED) is 0.779. The van der Waals surface area contributed by atoms with Crippen LogP contribution in [0.1, 0.15) is 10.4 Å². The van der Waals surface area contributed by atoms with Crippen LogP contribution < -0.4 is 11.1 Å². The smallest absolute Gasteiger partial charge is 0.255 e. The number of nitrogens with one attached hydrogen (secondary N) is 1. The Bertz CT molecular complexity index is 540. The Kier molecular flexibility index (Phi) is 3.05. The van der Waals surface area contributed by atoms with Crippen LogP contribution in [0.2, 0.25) is 0 Å². The van der Waals surface area contributed by atoms with E-state index in [0.717, 1.165) is 0 Å². The van der Waals surface area contributed by atoms with Gasteiger partial charge in [-0.25, -0.2) is 4.39 Å². The van der Waals surface area contributed by atoms with Gasteiger partial charge in [-0.2, -0.15) is 0 Å². The normalized spacial score (nSPS) is 9.94. The molecule has 0 fully saturated rings. The number of halogens is 1. The summed E-state index contributed by atoms with van der Waals surface area (Å²) in [6, 6.07) is 12.8. The maximum atomic E-state index is 12.9. The van der Waals surface area contributed by atoms with Crippen LogP contribution in [0.25, 0.3) is 0 Å². The van der Waals surface area contributed by atoms with Crippen LogP contribution in [0, 0.1) is 5.82 Å². The van der Waals surface area contributed by atoms with Gasteiger partial charge in [0.1, 0.15) is 5.82 Å². The predicted molar refractivity (Wildman–Crippen MR) is 65.2 cm³/mol. The van der Waals surface area contributed by atoms with E-state index >= 15 is 0 Å². The second-order valence-corrected chi connectivity index (χ2v) is 3.56. The van der Waals surface area contributed by atoms with Crippen molar-refractivity contribution in [2.45, 2.75) is 0 Å². The lowest BCUT2D eigenvalue weighted by atomic mass is 10.2. The van der Waals surface area contributed by atoms with Crippen molar-refractivity contribution in [1.29, 1.82) is 0 Å². The number of hydrogen-bond acceptors (Lipinski definition) is 2. The largest absolute Gasteiger partial charge is 0.396 e. The predicted octanol–water partition coefficient (Wildman–Crippen LogP) is 2.66. The second kappa shape index (κ2) is 4.65. The van der Waals surface area contributed by atoms with Gasteiger partial charge in [0, 0.05) is 11.3 Å². The van der Waals surface area contributed by atoms with Gasteiger partial charge in [-0.3, -0.25) is 4.79 Å². The van der Waals surface area contributed by atoms with E-state index < -0.39 is 5.82 Å². The first-order valence-electron chi connectivity index (χ1n) is 5.08. The van der Waals surface area contributed by atoms with Crippen molar-refractivity contribution >= 4 is 17.3 Å². The van der Waals surface area contributed by atoms with Crippen molar-refractivity contribution in [1.82, 2.24) is 0 Å². The van der Waals surface area contributed by atoms with Gasteiger partial charge in [0.05, 0.1) is 5.69 Å². The van der Waals surface area contributed by atoms with Gasteiger partial charge < -0.3 is 11.1 Å². The Morgan fingerprint density at radius 2 is 1.82 bits per heavy atom. The third-order valence-corrected chi connectivity index (χ3v) is 2.29. The number of carbonyl (C=O) groups is 1. The summed E-state index contributed by atoms with van der Waals surface area (Å²) in [6.07, 6.45) is 0. The van der Waals surface area contributed by atoms with E-state index in [9.17, 15) is 9.18 Å². The Hall–Kier alpha value is -2.36. The number of amides is 1. The fourth-order valence-corrected chi connectivity index (χ4v) is 1.41. The lowest BCUT2D eigenvalue weighted by molar-refractivity contribution is 0.102. The van der Waals surface area contributed by atoms with Gasteiger partial charge >= 0.3 is 0 Å². The molecule has 3 nitrogen and oxygen atoms in total. The average molecular weight is 230 g/mol. The van der Waals surface area contributed by atoms with Crippen molar-refractivity contribution in [3.8, 4) is 0 Å². The van der Waals surface area contributed by atoms with Crippen molar-refractivity contribution in [3.05, 3.63) is 59.9 Å². The van der Waals surface area contributed by atoms with E-state index in [1.165, 1.54) is 18.2 Å². The lowest BCUT2D eigenvalue weighted by Crippen LogP contribution is -2.11. The molecule has 0 atom stereocenters. The summed E-state index contributed by atoms with van der Waals surface area (Å²) in [7, 11) is 0. The molecule has 0 saturated heterocycles. The van der Waals surface area contributed by atoms with Crippen LogP contribution in [-0.4, -0.2) is 5.91 Å². The monoisotopic (exact) mass is 230 g/mol. The fraction of sp³-hybridized carbons (Fsp3) is 0. The molecule has 1 amide bonds. The summed E-state index contributed by atoms with van der Waals surface area (Å²) in [5.74, 6) is -0.751. The second-order valence-electron chi connectivity index (χ2n) is 3.56. The first-order chi connectivity index (χ1) is 8.16. The first-order valence-corrected chi connectivity index (χ1v) is 5.08. The minimum absolute atomic E-state index is 0.0101. The number of nitrogens with two attached hydrogens (primary N) is 1. The molecule has 2 aromatic rings. The Balaban J connectivity index is 2.16. The maximum absolute atomic E-state index is 12.9. The molecule has 2 rings (SSSR count). The molecular weight excluding hydrogens is 219 g/mol. The highest BCUT2D eigenvalue weighted by Crippen LogP contribution is 2.17. The zero-order valence-electron chi connectivity index (χ0n) is 8.98. The standard InChI is InChI=1S/C13H11FN2O/c14-11-7-6-10(8-12(11)15)16-13(17)9-4-2-1-3-5-9/h1-8H,15H2,(H,16,17). The third kappa shape index (κ3) is 2.60. The van der Waals surface area contributed by atoms with E-state index in [4.69, 9.17) is 5.73 Å². The van der Waals surface area contributed by atoms with Crippen molar-refractivity contribution < 1.29 is 9.18 Å². The Morgan fingerprint density at radius 3 is 2.47 bits per heavy atom. The van der Waals surface area contributed by atoms with Crippen LogP contribution in [0.5, 0.6) is 0 Å². The molecule has 0 spiro atoms. The van der Waals surface area contributed by atoms with Crippen molar-refractivity contribution in [2.75, 3.05) is 11.1 Å². The van der Waals surface area contributed by atoms with Crippen LogP contribution in [0.3, 0.4) is 0 Å². The first kappa shape index (κ1) is 11.1. The van der Waals surface area contributed by atoms with E-state index in [2.05, 4.69) is 5.32 Å². The molecule has 4 heteroatoms. The van der Waals surface area contributed by atoms with Crippen molar-refractivity contribution in [2.24, 2.45) is 0 Å². The topological polar surface area (TPSA) is 55.1 Å². The van der Waals surface area contributed by atoms with Crippen LogP contribution in [0.4, 0.5) is 15.8 Å². The molecule has 2 aromatic carbocycles. The molecule has 0 radical (unpaired) electrons. The van der Waals surface area contributed by atoms with Gasteiger partial charge in [0.25, 0.3) is 5.91 Å². The molecule has 0 aromatic heterocycles. The maximum Gasteiger partial charge on any atom is 0.255 e. The highest BCUT2D eigenvalue weighted by Gasteiger charge is 2.06. The highest BCUT2D eigenvalue weighted by atomic mass is 19.1. The summed E-state index contributed by atoms with van der Waals surface area (Å²) < 4.78 is 12.9. The number of hydrogen-bond donors (Lipinski definition) is 2. The zero-order chi connectivity index (χ0) is 12.3. The molecule has 0 aliphatic heterocycles. The van der Waals surface area contributed by atoms with Gasteiger partial charge in [0.2, 0.25) is 0 Å². The van der Waals surface area contributed by atoms with Crippen LogP contribution in [0.15, 0.2) is 48.5 Å². The minimum atomic E-state index is -0.497. The Morgan fingerprint density at radius 1 is 1.12 bits per heavy atom. The summed E-state index contributed by atoms with van der Waals surface area (Å²) in [5, 5.41) is 2.64. The summed E-state index contributed by atoms with van der Waals surface area (Å²) in [4.78, 5) is 11.8. The molecule has 0 aliphatic rings. The van der Waals surface area contributed by atoms with E-state index in [1.54, 1.807) is 24.3 Å². The SMILES string of the molecule is Nc1cc(NC(=O)c2ccccc2)ccc1F. The molecule has 17 heavy (non-hydrogen) atoms. The van der Waals surface area contributed by atoms with Gasteiger partial charge in [0.15, 0.2) is 0 Å². The molecule has 0 aliphatic carbocycles. The summed E-state index contributed by atoms with van der Waals surface area (Å²) >= 11 is 0. The third-order valence-electron chi connectivity index (χ3n) is 2.29. The van der Waals surface area contributed by atoms with Gasteiger partial charge in [-0.05, 0) is 30.3 Å². The number of anilines is 2. The summed E-state index contributed by atoms with van der Waals surface area (Å²) in [6.45, 7) is 0. The zero-order valence-corrected chi connectivity index (χ0v) is 8.98. The van der Waals surface area contributed by atoms with E-state index in [0.29, 0.717) is 11.3 Å². The average Bonchev–Trinajstić information content (AvgIpc) is 2.35. The van der Waals surface area contributed by atoms with E-state index in [1.807, 2.05) is 6.07 Å². The van der Waals surface area contributed by atoms with E-state index in [-0.39, 0.29) is 11.6 Å². The van der Waals surface area contributed by atoms with Gasteiger partial charge in [-0.1, -0.05) is 18.2 Å². The number of nitrogen functional groups attached to an aromatic ring is 1. The lowest BCUT2D eigenvalue weighted by Gasteiger charge is -2.06. The summed E-state index contributed by atoms with van der Waals surface area (Å²) in [5.41, 5.74) is 6.43. The highest BCUT2D eigenvalue weighted by molar-refractivity contribution is 6.04. The Labute approximate surface area is 98.1 Å². The number of benzene rings is 2. The van der Waals surface area contributed by atoms with Crippen LogP contribution >= 0.6 is 0 Å². The minimum Gasteiger partial charge on any atom is -0.396 e. The molecular formula is C13H11FN2O. The number of rotatable bonds is 2. The van der Waals surface area contributed by atoms with Crippen LogP contribution in [-0.2, 0) is 0 Å². The van der Waals surface area contributed by atoms with Crippen molar-refractivity contribution in [3.63, 3.8) is 0 Å². The molecule has 0 saturated carbocycles. The number of carbonyl (C=O) groups excluding carboxylic acids is 1. The fourth-order valence-electron chi connectivity index (χ4n) is 1.41. The molecule has 86 valence electrons. The molecule has 0 bridgehead atoms. The molecule has 0 heterocycles. The molecule has 0 unspecified atom stereocenters. The molecule has 3 N–H and O–H groups in total.